The summed E-state index contributed by atoms with van der Waals surface area (Å²) in [7, 11) is -3.00. The highest BCUT2D eigenvalue weighted by atomic mass is 32.2. The lowest BCUT2D eigenvalue weighted by molar-refractivity contribution is -0.127. The minimum absolute atomic E-state index is 0.0465. The monoisotopic (exact) mass is 379 g/mol. The highest BCUT2D eigenvalue weighted by Crippen LogP contribution is 2.38. The molecule has 2 fully saturated rings. The third-order valence-electron chi connectivity index (χ3n) is 4.98. The van der Waals surface area contributed by atoms with Gasteiger partial charge in [-0.15, -0.1) is 0 Å². The first-order valence-corrected chi connectivity index (χ1v) is 10.7. The lowest BCUT2D eigenvalue weighted by Crippen LogP contribution is -2.41. The molecule has 2 amide bonds. The first-order valence-electron chi connectivity index (χ1n) is 8.91. The van der Waals surface area contributed by atoms with Gasteiger partial charge in [0.25, 0.3) is 5.91 Å². The van der Waals surface area contributed by atoms with E-state index >= 15 is 0 Å². The number of hydrazine groups is 1. The number of aromatic nitrogens is 1. The number of carbonyl (C=O) groups excluding carboxylic acids is 2. The zero-order valence-corrected chi connectivity index (χ0v) is 15.9. The SMILES string of the molecule is Cc1cc(/C=C/C(=O)NNC(=O)C[C@@H]2CCS(=O)(=O)C2)c(C)n1C1CC1. The molecule has 1 saturated heterocycles. The molecule has 26 heavy (non-hydrogen) atoms. The summed E-state index contributed by atoms with van der Waals surface area (Å²) in [6.45, 7) is 4.10. The molecule has 1 saturated carbocycles. The molecule has 7 nitrogen and oxygen atoms in total. The summed E-state index contributed by atoms with van der Waals surface area (Å²) in [5.74, 6) is -0.779. The van der Waals surface area contributed by atoms with E-state index in [0.29, 0.717) is 12.5 Å². The summed E-state index contributed by atoms with van der Waals surface area (Å²) < 4.78 is 25.1. The lowest BCUT2D eigenvalue weighted by atomic mass is 10.1. The number of hydrogen-bond acceptors (Lipinski definition) is 4. The van der Waals surface area contributed by atoms with Crippen LogP contribution in [0, 0.1) is 19.8 Å². The molecule has 0 unspecified atom stereocenters. The summed E-state index contributed by atoms with van der Waals surface area (Å²) >= 11 is 0. The molecular weight excluding hydrogens is 354 g/mol. The maximum Gasteiger partial charge on any atom is 0.262 e. The van der Waals surface area contributed by atoms with Crippen LogP contribution in [0.5, 0.6) is 0 Å². The van der Waals surface area contributed by atoms with Crippen LogP contribution in [0.15, 0.2) is 12.1 Å². The molecule has 1 aliphatic carbocycles. The van der Waals surface area contributed by atoms with Gasteiger partial charge < -0.3 is 4.57 Å². The zero-order chi connectivity index (χ0) is 18.9. The van der Waals surface area contributed by atoms with Crippen molar-refractivity contribution < 1.29 is 18.0 Å². The molecule has 0 spiro atoms. The third-order valence-corrected chi connectivity index (χ3v) is 6.81. The number of carbonyl (C=O) groups is 2. The van der Waals surface area contributed by atoms with Crippen molar-refractivity contribution in [3.05, 3.63) is 29.1 Å². The maximum atomic E-state index is 11.9. The maximum absolute atomic E-state index is 11.9. The quantitative estimate of drug-likeness (QED) is 0.597. The standard InChI is InChI=1S/C18H25N3O4S/c1-12-9-15(13(2)21(12)16-4-5-16)3-6-17(22)19-20-18(23)10-14-7-8-26(24,25)11-14/h3,6,9,14,16H,4-5,7-8,10-11H2,1-2H3,(H,19,22)(H,20,23)/b6-3+/t14-/m0/s1. The highest BCUT2D eigenvalue weighted by molar-refractivity contribution is 7.91. The molecule has 2 heterocycles. The fourth-order valence-corrected chi connectivity index (χ4v) is 5.41. The van der Waals surface area contributed by atoms with E-state index in [1.807, 2.05) is 6.92 Å². The molecule has 0 radical (unpaired) electrons. The van der Waals surface area contributed by atoms with Crippen molar-refractivity contribution in [3.8, 4) is 0 Å². The average molecular weight is 379 g/mol. The van der Waals surface area contributed by atoms with Crippen molar-refractivity contribution in [1.29, 1.82) is 0 Å². The van der Waals surface area contributed by atoms with E-state index in [1.165, 1.54) is 24.6 Å². The Morgan fingerprint density at radius 1 is 1.23 bits per heavy atom. The Kier molecular flexibility index (Phi) is 5.22. The largest absolute Gasteiger partial charge is 0.346 e. The predicted molar refractivity (Wildman–Crippen MR) is 98.9 cm³/mol. The molecule has 3 rings (SSSR count). The van der Waals surface area contributed by atoms with Gasteiger partial charge in [-0.3, -0.25) is 20.4 Å². The van der Waals surface area contributed by atoms with Gasteiger partial charge in [0.2, 0.25) is 5.91 Å². The Balaban J connectivity index is 1.47. The molecular formula is C18H25N3O4S. The van der Waals surface area contributed by atoms with Gasteiger partial charge >= 0.3 is 0 Å². The van der Waals surface area contributed by atoms with E-state index in [0.717, 1.165) is 11.3 Å². The van der Waals surface area contributed by atoms with Crippen molar-refractivity contribution in [1.82, 2.24) is 15.4 Å². The number of rotatable bonds is 5. The highest BCUT2D eigenvalue weighted by Gasteiger charge is 2.29. The Morgan fingerprint density at radius 3 is 2.58 bits per heavy atom. The Morgan fingerprint density at radius 2 is 1.96 bits per heavy atom. The van der Waals surface area contributed by atoms with E-state index in [-0.39, 0.29) is 29.8 Å². The zero-order valence-electron chi connectivity index (χ0n) is 15.1. The summed E-state index contributed by atoms with van der Waals surface area (Å²) in [6, 6.07) is 2.64. The van der Waals surface area contributed by atoms with Gasteiger partial charge in [-0.25, -0.2) is 8.42 Å². The first kappa shape index (κ1) is 18.7. The number of hydrogen-bond donors (Lipinski definition) is 2. The van der Waals surface area contributed by atoms with E-state index in [1.54, 1.807) is 6.08 Å². The number of aryl methyl sites for hydroxylation is 1. The summed E-state index contributed by atoms with van der Waals surface area (Å²) in [5.41, 5.74) is 8.00. The molecule has 142 valence electrons. The number of nitrogens with one attached hydrogen (secondary N) is 2. The van der Waals surface area contributed by atoms with Crippen molar-refractivity contribution in [3.63, 3.8) is 0 Å². The Labute approximate surface area is 153 Å². The van der Waals surface area contributed by atoms with Crippen LogP contribution >= 0.6 is 0 Å². The van der Waals surface area contributed by atoms with E-state index in [2.05, 4.69) is 28.4 Å². The van der Waals surface area contributed by atoms with Crippen LogP contribution in [0.2, 0.25) is 0 Å². The fraction of sp³-hybridized carbons (Fsp3) is 0.556. The summed E-state index contributed by atoms with van der Waals surface area (Å²) in [4.78, 5) is 23.7. The molecule has 1 aliphatic heterocycles. The Bertz CT molecular complexity index is 850. The Hall–Kier alpha value is -2.09. The molecule has 2 N–H and O–H groups in total. The molecule has 0 aromatic carbocycles. The second kappa shape index (κ2) is 7.26. The topological polar surface area (TPSA) is 97.3 Å². The van der Waals surface area contributed by atoms with Gasteiger partial charge in [-0.05, 0) is 56.7 Å². The van der Waals surface area contributed by atoms with Crippen LogP contribution < -0.4 is 10.9 Å². The van der Waals surface area contributed by atoms with Crippen LogP contribution in [0.3, 0.4) is 0 Å². The molecule has 1 atom stereocenters. The van der Waals surface area contributed by atoms with Gasteiger partial charge in [0.05, 0.1) is 11.5 Å². The van der Waals surface area contributed by atoms with Crippen molar-refractivity contribution in [2.45, 2.75) is 45.6 Å². The molecule has 1 aromatic heterocycles. The fourth-order valence-electron chi connectivity index (χ4n) is 3.55. The predicted octanol–water partition coefficient (Wildman–Crippen LogP) is 1.43. The van der Waals surface area contributed by atoms with Crippen molar-refractivity contribution in [2.24, 2.45) is 5.92 Å². The smallest absolute Gasteiger partial charge is 0.262 e. The minimum atomic E-state index is -3.00. The summed E-state index contributed by atoms with van der Waals surface area (Å²) in [6.07, 6.45) is 6.14. The van der Waals surface area contributed by atoms with Gasteiger partial charge in [0.15, 0.2) is 9.84 Å². The van der Waals surface area contributed by atoms with Crippen LogP contribution in [-0.2, 0) is 19.4 Å². The molecule has 0 bridgehead atoms. The third kappa shape index (κ3) is 4.55. The minimum Gasteiger partial charge on any atom is -0.346 e. The normalized spacial score (nSPS) is 21.8. The average Bonchev–Trinajstić information content (AvgIpc) is 3.27. The van der Waals surface area contributed by atoms with E-state index in [9.17, 15) is 18.0 Å². The van der Waals surface area contributed by atoms with Crippen LogP contribution in [0.4, 0.5) is 0 Å². The number of nitrogens with zero attached hydrogens (tertiary/aromatic N) is 1. The number of amides is 2. The van der Waals surface area contributed by atoms with Crippen LogP contribution in [0.25, 0.3) is 6.08 Å². The van der Waals surface area contributed by atoms with Gasteiger partial charge in [0.1, 0.15) is 0 Å². The second-order valence-corrected chi connectivity index (χ2v) is 9.50. The van der Waals surface area contributed by atoms with Gasteiger partial charge in [-0.1, -0.05) is 0 Å². The van der Waals surface area contributed by atoms with E-state index < -0.39 is 15.7 Å². The lowest BCUT2D eigenvalue weighted by Gasteiger charge is -2.08. The van der Waals surface area contributed by atoms with Gasteiger partial charge in [-0.2, -0.15) is 0 Å². The van der Waals surface area contributed by atoms with Crippen molar-refractivity contribution >= 4 is 27.7 Å². The number of sulfone groups is 1. The first-order chi connectivity index (χ1) is 12.2. The van der Waals surface area contributed by atoms with Crippen LogP contribution in [0.1, 0.15) is 48.7 Å². The summed E-state index contributed by atoms with van der Waals surface area (Å²) in [5, 5.41) is 0. The van der Waals surface area contributed by atoms with Crippen LogP contribution in [-0.4, -0.2) is 36.3 Å². The second-order valence-electron chi connectivity index (χ2n) is 7.27. The molecule has 8 heteroatoms. The van der Waals surface area contributed by atoms with Crippen molar-refractivity contribution in [2.75, 3.05) is 11.5 Å². The molecule has 1 aromatic rings. The van der Waals surface area contributed by atoms with Gasteiger partial charge in [0, 0.05) is 29.9 Å². The van der Waals surface area contributed by atoms with E-state index in [4.69, 9.17) is 0 Å². The molecule has 2 aliphatic rings.